The topological polar surface area (TPSA) is 110 Å². The van der Waals surface area contributed by atoms with E-state index in [1.54, 1.807) is 0 Å². The summed E-state index contributed by atoms with van der Waals surface area (Å²) in [7, 11) is -2.44. The zero-order chi connectivity index (χ0) is 14.2. The van der Waals surface area contributed by atoms with Gasteiger partial charge in [-0.3, -0.25) is 9.59 Å². The molecule has 0 radical (unpaired) electrons. The first-order valence-corrected chi connectivity index (χ1v) is 7.26. The largest absolute Gasteiger partial charge is 0.480 e. The van der Waals surface area contributed by atoms with Crippen molar-refractivity contribution in [1.82, 2.24) is 5.32 Å². The highest BCUT2D eigenvalue weighted by Gasteiger charge is 2.32. The molecule has 1 unspecified atom stereocenters. The summed E-state index contributed by atoms with van der Waals surface area (Å²) in [6.45, 7) is 2.21. The van der Waals surface area contributed by atoms with E-state index in [4.69, 9.17) is 9.84 Å². The first-order valence-electron chi connectivity index (χ1n) is 5.55. The fourth-order valence-electron chi connectivity index (χ4n) is 1.36. The molecule has 0 aliphatic heterocycles. The van der Waals surface area contributed by atoms with E-state index < -0.39 is 32.7 Å². The predicted molar refractivity (Wildman–Crippen MR) is 65.0 cm³/mol. The summed E-state index contributed by atoms with van der Waals surface area (Å²) in [6, 6.07) is 0. The Balaban J connectivity index is 4.31. The maximum absolute atomic E-state index is 11.6. The van der Waals surface area contributed by atoms with Gasteiger partial charge in [-0.1, -0.05) is 6.92 Å². The molecule has 0 rings (SSSR count). The lowest BCUT2D eigenvalue weighted by Gasteiger charge is -2.11. The van der Waals surface area contributed by atoms with Crippen LogP contribution in [0.4, 0.5) is 0 Å². The summed E-state index contributed by atoms with van der Waals surface area (Å²) in [5.41, 5.74) is 0. The van der Waals surface area contributed by atoms with Crippen molar-refractivity contribution in [3.8, 4) is 0 Å². The number of hydrogen-bond acceptors (Lipinski definition) is 5. The van der Waals surface area contributed by atoms with Crippen molar-refractivity contribution >= 4 is 21.7 Å². The Bertz CT molecular complexity index is 378. The lowest BCUT2D eigenvalue weighted by molar-refractivity contribution is -0.136. The molecule has 1 amide bonds. The van der Waals surface area contributed by atoms with Crippen LogP contribution in [-0.2, 0) is 24.2 Å². The van der Waals surface area contributed by atoms with Crippen LogP contribution in [0.5, 0.6) is 0 Å². The van der Waals surface area contributed by atoms with E-state index in [-0.39, 0.29) is 6.42 Å². The van der Waals surface area contributed by atoms with Crippen molar-refractivity contribution in [3.05, 3.63) is 0 Å². The maximum atomic E-state index is 11.6. The highest BCUT2D eigenvalue weighted by molar-refractivity contribution is 7.93. The molecular weight excluding hydrogens is 262 g/mol. The fraction of sp³-hybridized carbons (Fsp3) is 0.800. The molecule has 0 aliphatic carbocycles. The van der Waals surface area contributed by atoms with Gasteiger partial charge in [0, 0.05) is 20.3 Å². The zero-order valence-corrected chi connectivity index (χ0v) is 11.3. The molecule has 0 spiro atoms. The fourth-order valence-corrected chi connectivity index (χ4v) is 2.84. The minimum Gasteiger partial charge on any atom is -0.480 e. The molecule has 0 fully saturated rings. The summed E-state index contributed by atoms with van der Waals surface area (Å²) < 4.78 is 28.0. The summed E-state index contributed by atoms with van der Waals surface area (Å²) in [6.07, 6.45) is 0.507. The smallest absolute Gasteiger partial charge is 0.321 e. The molecule has 0 bridgehead atoms. The highest BCUT2D eigenvalue weighted by atomic mass is 32.2. The van der Waals surface area contributed by atoms with Crippen LogP contribution in [0.1, 0.15) is 19.8 Å². The van der Waals surface area contributed by atoms with Crippen molar-refractivity contribution in [1.29, 1.82) is 0 Å². The number of aliphatic carboxylic acids is 1. The van der Waals surface area contributed by atoms with E-state index in [1.165, 1.54) is 14.0 Å². The van der Waals surface area contributed by atoms with Crippen LogP contribution in [0.3, 0.4) is 0 Å². The van der Waals surface area contributed by atoms with Crippen LogP contribution in [0, 0.1) is 0 Å². The van der Waals surface area contributed by atoms with Crippen LogP contribution in [0.15, 0.2) is 0 Å². The van der Waals surface area contributed by atoms with Gasteiger partial charge in [-0.2, -0.15) is 0 Å². The normalized spacial score (nSPS) is 13.0. The predicted octanol–water partition coefficient (Wildman–Crippen LogP) is -0.583. The number of carboxylic acids is 1. The SMILES string of the molecule is CCC(C(=O)O)S(=O)(=O)CC(=O)NCCCOC. The molecule has 0 aromatic heterocycles. The summed E-state index contributed by atoms with van der Waals surface area (Å²) in [5, 5.41) is 9.62. The molecule has 0 heterocycles. The van der Waals surface area contributed by atoms with Crippen LogP contribution in [0.25, 0.3) is 0 Å². The van der Waals surface area contributed by atoms with E-state index in [1.807, 2.05) is 0 Å². The molecule has 0 saturated heterocycles. The summed E-state index contributed by atoms with van der Waals surface area (Å²) in [5.74, 6) is -2.92. The average molecular weight is 281 g/mol. The average Bonchev–Trinajstić information content (AvgIpc) is 2.23. The summed E-state index contributed by atoms with van der Waals surface area (Å²) in [4.78, 5) is 22.1. The van der Waals surface area contributed by atoms with Crippen molar-refractivity contribution in [3.63, 3.8) is 0 Å². The molecule has 8 heteroatoms. The van der Waals surface area contributed by atoms with Crippen LogP contribution in [0.2, 0.25) is 0 Å². The van der Waals surface area contributed by atoms with E-state index >= 15 is 0 Å². The Morgan fingerprint density at radius 3 is 2.44 bits per heavy atom. The standard InChI is InChI=1S/C10H19NO6S/c1-3-8(10(13)14)18(15,16)7-9(12)11-5-4-6-17-2/h8H,3-7H2,1-2H3,(H,11,12)(H,13,14). The molecule has 0 aliphatic rings. The minimum atomic E-state index is -3.96. The Morgan fingerprint density at radius 2 is 2.00 bits per heavy atom. The highest BCUT2D eigenvalue weighted by Crippen LogP contribution is 2.07. The van der Waals surface area contributed by atoms with Crippen molar-refractivity contribution in [2.24, 2.45) is 0 Å². The lowest BCUT2D eigenvalue weighted by Crippen LogP contribution is -2.38. The second-order valence-electron chi connectivity index (χ2n) is 3.74. The number of hydrogen-bond donors (Lipinski definition) is 2. The third kappa shape index (κ3) is 5.97. The second kappa shape index (κ2) is 8.04. The number of carbonyl (C=O) groups is 2. The maximum Gasteiger partial charge on any atom is 0.321 e. The first-order chi connectivity index (χ1) is 8.35. The van der Waals surface area contributed by atoms with Gasteiger partial charge in [-0.25, -0.2) is 8.42 Å². The van der Waals surface area contributed by atoms with Crippen molar-refractivity contribution in [2.45, 2.75) is 25.0 Å². The lowest BCUT2D eigenvalue weighted by atomic mass is 10.3. The van der Waals surface area contributed by atoms with Crippen LogP contribution >= 0.6 is 0 Å². The number of carboxylic acid groups (broad SMARTS) is 1. The molecule has 2 N–H and O–H groups in total. The zero-order valence-electron chi connectivity index (χ0n) is 10.5. The van der Waals surface area contributed by atoms with Crippen molar-refractivity contribution in [2.75, 3.05) is 26.0 Å². The van der Waals surface area contributed by atoms with E-state index in [0.29, 0.717) is 19.6 Å². The van der Waals surface area contributed by atoms with Crippen LogP contribution < -0.4 is 5.32 Å². The number of methoxy groups -OCH3 is 1. The first kappa shape index (κ1) is 16.9. The Morgan fingerprint density at radius 1 is 1.39 bits per heavy atom. The van der Waals surface area contributed by atoms with Gasteiger partial charge >= 0.3 is 5.97 Å². The van der Waals surface area contributed by atoms with Gasteiger partial charge in [0.2, 0.25) is 5.91 Å². The molecule has 106 valence electrons. The van der Waals surface area contributed by atoms with Gasteiger partial charge in [0.1, 0.15) is 5.75 Å². The quantitative estimate of drug-likeness (QED) is 0.547. The molecule has 18 heavy (non-hydrogen) atoms. The Labute approximate surface area is 106 Å². The molecule has 7 nitrogen and oxygen atoms in total. The van der Waals surface area contributed by atoms with Gasteiger partial charge in [-0.15, -0.1) is 0 Å². The Hall–Kier alpha value is -1.15. The van der Waals surface area contributed by atoms with E-state index in [9.17, 15) is 18.0 Å². The summed E-state index contributed by atoms with van der Waals surface area (Å²) >= 11 is 0. The number of nitrogens with one attached hydrogen (secondary N) is 1. The van der Waals surface area contributed by atoms with Crippen LogP contribution in [-0.4, -0.2) is 56.7 Å². The van der Waals surface area contributed by atoms with Gasteiger partial charge in [-0.05, 0) is 12.8 Å². The number of sulfone groups is 1. The number of carbonyl (C=O) groups excluding carboxylic acids is 1. The van der Waals surface area contributed by atoms with Crippen molar-refractivity contribution < 1.29 is 27.9 Å². The molecule has 0 aromatic carbocycles. The number of ether oxygens (including phenoxy) is 1. The van der Waals surface area contributed by atoms with Gasteiger partial charge < -0.3 is 15.2 Å². The molecule has 0 aromatic rings. The minimum absolute atomic E-state index is 0.0609. The molecular formula is C10H19NO6S. The monoisotopic (exact) mass is 281 g/mol. The third-order valence-corrected chi connectivity index (χ3v) is 4.33. The van der Waals surface area contributed by atoms with Gasteiger partial charge in [0.15, 0.2) is 15.1 Å². The second-order valence-corrected chi connectivity index (χ2v) is 5.92. The molecule has 1 atom stereocenters. The number of amides is 1. The van der Waals surface area contributed by atoms with Gasteiger partial charge in [0.05, 0.1) is 0 Å². The van der Waals surface area contributed by atoms with E-state index in [0.717, 1.165) is 0 Å². The van der Waals surface area contributed by atoms with E-state index in [2.05, 4.69) is 5.32 Å². The third-order valence-electron chi connectivity index (χ3n) is 2.26. The van der Waals surface area contributed by atoms with Gasteiger partial charge in [0.25, 0.3) is 0 Å². The Kier molecular flexibility index (Phi) is 7.53. The number of rotatable bonds is 9. The molecule has 0 saturated carbocycles.